The summed E-state index contributed by atoms with van der Waals surface area (Å²) in [5.74, 6) is 0.200. The predicted molar refractivity (Wildman–Crippen MR) is 80.2 cm³/mol. The van der Waals surface area contributed by atoms with E-state index in [1.54, 1.807) is 0 Å². The number of benzene rings is 1. The van der Waals surface area contributed by atoms with Crippen LogP contribution in [0.15, 0.2) is 24.3 Å². The molecule has 1 aliphatic rings. The smallest absolute Gasteiger partial charge is 0.223 e. The van der Waals surface area contributed by atoms with Crippen molar-refractivity contribution < 1.29 is 9.90 Å². The number of carbonyl (C=O) groups is 1. The number of amides is 1. The van der Waals surface area contributed by atoms with Crippen LogP contribution in [0.25, 0.3) is 0 Å². The normalized spacial score (nSPS) is 14.8. The van der Waals surface area contributed by atoms with Crippen LogP contribution in [-0.4, -0.2) is 35.1 Å². The van der Waals surface area contributed by atoms with Crippen molar-refractivity contribution in [3.63, 3.8) is 0 Å². The molecule has 2 rings (SSSR count). The summed E-state index contributed by atoms with van der Waals surface area (Å²) in [5, 5.41) is 8.96. The number of hydrogen-bond acceptors (Lipinski definition) is 3. The molecular formula is C16H24N2O2. The first-order valence-corrected chi connectivity index (χ1v) is 7.45. The SMILES string of the molecule is Nc1cccc(CCC(=O)N(CCCO)C2CCC2)c1. The number of nitrogen functional groups attached to an aromatic ring is 1. The molecule has 1 amide bonds. The quantitative estimate of drug-likeness (QED) is 0.748. The highest BCUT2D eigenvalue weighted by Gasteiger charge is 2.27. The Hall–Kier alpha value is -1.55. The molecule has 3 N–H and O–H groups in total. The zero-order valence-corrected chi connectivity index (χ0v) is 11.9. The van der Waals surface area contributed by atoms with Crippen LogP contribution in [0.2, 0.25) is 0 Å². The number of nitrogens with zero attached hydrogens (tertiary/aromatic N) is 1. The van der Waals surface area contributed by atoms with Crippen molar-refractivity contribution in [3.8, 4) is 0 Å². The van der Waals surface area contributed by atoms with Gasteiger partial charge in [0.2, 0.25) is 5.91 Å². The van der Waals surface area contributed by atoms with Gasteiger partial charge in [-0.25, -0.2) is 0 Å². The van der Waals surface area contributed by atoms with Gasteiger partial charge < -0.3 is 15.7 Å². The maximum absolute atomic E-state index is 12.4. The van der Waals surface area contributed by atoms with E-state index in [1.165, 1.54) is 6.42 Å². The van der Waals surface area contributed by atoms with E-state index >= 15 is 0 Å². The van der Waals surface area contributed by atoms with Crippen molar-refractivity contribution in [2.24, 2.45) is 0 Å². The number of carbonyl (C=O) groups excluding carboxylic acids is 1. The summed E-state index contributed by atoms with van der Waals surface area (Å²) in [6, 6.07) is 8.10. The molecule has 20 heavy (non-hydrogen) atoms. The molecule has 0 aliphatic heterocycles. The van der Waals surface area contributed by atoms with Gasteiger partial charge >= 0.3 is 0 Å². The molecule has 1 aliphatic carbocycles. The number of rotatable bonds is 7. The van der Waals surface area contributed by atoms with E-state index in [1.807, 2.05) is 29.2 Å². The Bertz CT molecular complexity index is 444. The van der Waals surface area contributed by atoms with Crippen molar-refractivity contribution in [3.05, 3.63) is 29.8 Å². The van der Waals surface area contributed by atoms with Gasteiger partial charge in [0, 0.05) is 31.3 Å². The fourth-order valence-corrected chi connectivity index (χ4v) is 2.59. The summed E-state index contributed by atoms with van der Waals surface area (Å²) in [5.41, 5.74) is 7.59. The summed E-state index contributed by atoms with van der Waals surface area (Å²) >= 11 is 0. The Morgan fingerprint density at radius 2 is 2.20 bits per heavy atom. The first kappa shape index (κ1) is 14.9. The summed E-state index contributed by atoms with van der Waals surface area (Å²) in [6.45, 7) is 0.822. The molecule has 110 valence electrons. The molecule has 0 saturated heterocycles. The van der Waals surface area contributed by atoms with Gasteiger partial charge in [0.05, 0.1) is 0 Å². The highest BCUT2D eigenvalue weighted by atomic mass is 16.3. The first-order chi connectivity index (χ1) is 9.70. The van der Waals surface area contributed by atoms with E-state index < -0.39 is 0 Å². The molecule has 0 radical (unpaired) electrons. The third-order valence-electron chi connectivity index (χ3n) is 3.97. The maximum atomic E-state index is 12.4. The number of aliphatic hydroxyl groups is 1. The molecule has 0 aromatic heterocycles. The molecule has 0 bridgehead atoms. The third-order valence-corrected chi connectivity index (χ3v) is 3.97. The molecule has 1 saturated carbocycles. The van der Waals surface area contributed by atoms with Crippen molar-refractivity contribution in [2.75, 3.05) is 18.9 Å². The van der Waals surface area contributed by atoms with Crippen LogP contribution in [-0.2, 0) is 11.2 Å². The van der Waals surface area contributed by atoms with Crippen LogP contribution in [0, 0.1) is 0 Å². The second-order valence-electron chi connectivity index (χ2n) is 5.49. The van der Waals surface area contributed by atoms with Crippen LogP contribution in [0.3, 0.4) is 0 Å². The number of anilines is 1. The van der Waals surface area contributed by atoms with Gasteiger partial charge in [-0.1, -0.05) is 12.1 Å². The van der Waals surface area contributed by atoms with Gasteiger partial charge in [-0.3, -0.25) is 4.79 Å². The average Bonchev–Trinajstić information content (AvgIpc) is 2.38. The number of aryl methyl sites for hydroxylation is 1. The molecule has 0 unspecified atom stereocenters. The Balaban J connectivity index is 1.87. The summed E-state index contributed by atoms with van der Waals surface area (Å²) in [4.78, 5) is 14.3. The van der Waals surface area contributed by atoms with Crippen LogP contribution in [0.1, 0.15) is 37.7 Å². The van der Waals surface area contributed by atoms with E-state index in [0.29, 0.717) is 25.4 Å². The topological polar surface area (TPSA) is 66.6 Å². The highest BCUT2D eigenvalue weighted by molar-refractivity contribution is 5.77. The fraction of sp³-hybridized carbons (Fsp3) is 0.562. The Kier molecular flexibility index (Phi) is 5.41. The van der Waals surface area contributed by atoms with Crippen LogP contribution < -0.4 is 5.73 Å². The second kappa shape index (κ2) is 7.29. The largest absolute Gasteiger partial charge is 0.399 e. The highest BCUT2D eigenvalue weighted by Crippen LogP contribution is 2.25. The Labute approximate surface area is 120 Å². The molecular weight excluding hydrogens is 252 g/mol. The minimum atomic E-state index is 0.145. The Morgan fingerprint density at radius 3 is 2.80 bits per heavy atom. The van der Waals surface area contributed by atoms with Crippen LogP contribution in [0.5, 0.6) is 0 Å². The zero-order chi connectivity index (χ0) is 14.4. The van der Waals surface area contributed by atoms with Gasteiger partial charge in [-0.05, 0) is 49.8 Å². The van der Waals surface area contributed by atoms with Gasteiger partial charge in [-0.2, -0.15) is 0 Å². The monoisotopic (exact) mass is 276 g/mol. The van der Waals surface area contributed by atoms with Crippen molar-refractivity contribution in [1.29, 1.82) is 0 Å². The number of hydrogen-bond donors (Lipinski definition) is 2. The predicted octanol–water partition coefficient (Wildman–Crippen LogP) is 1.96. The summed E-state index contributed by atoms with van der Waals surface area (Å²) < 4.78 is 0. The fourth-order valence-electron chi connectivity index (χ4n) is 2.59. The van der Waals surface area contributed by atoms with E-state index in [0.717, 1.165) is 30.5 Å². The molecule has 0 spiro atoms. The summed E-state index contributed by atoms with van der Waals surface area (Å²) in [7, 11) is 0. The second-order valence-corrected chi connectivity index (χ2v) is 5.49. The zero-order valence-electron chi connectivity index (χ0n) is 11.9. The third kappa shape index (κ3) is 3.97. The number of aliphatic hydroxyl groups excluding tert-OH is 1. The molecule has 1 aromatic carbocycles. The average molecular weight is 276 g/mol. The van der Waals surface area contributed by atoms with E-state index in [2.05, 4.69) is 0 Å². The van der Waals surface area contributed by atoms with Crippen molar-refractivity contribution in [1.82, 2.24) is 4.90 Å². The van der Waals surface area contributed by atoms with Gasteiger partial charge in [0.25, 0.3) is 0 Å². The van der Waals surface area contributed by atoms with E-state index in [4.69, 9.17) is 10.8 Å². The lowest BCUT2D eigenvalue weighted by Crippen LogP contribution is -2.45. The summed E-state index contributed by atoms with van der Waals surface area (Å²) in [6.07, 6.45) is 5.34. The molecule has 0 atom stereocenters. The van der Waals surface area contributed by atoms with E-state index in [-0.39, 0.29) is 12.5 Å². The lowest BCUT2D eigenvalue weighted by Gasteiger charge is -2.37. The van der Waals surface area contributed by atoms with Crippen LogP contribution in [0.4, 0.5) is 5.69 Å². The molecule has 1 aromatic rings. The van der Waals surface area contributed by atoms with E-state index in [9.17, 15) is 4.79 Å². The first-order valence-electron chi connectivity index (χ1n) is 7.45. The van der Waals surface area contributed by atoms with Gasteiger partial charge in [0.15, 0.2) is 0 Å². The maximum Gasteiger partial charge on any atom is 0.223 e. The van der Waals surface area contributed by atoms with Crippen molar-refractivity contribution in [2.45, 2.75) is 44.6 Å². The molecule has 1 fully saturated rings. The lowest BCUT2D eigenvalue weighted by atomic mass is 9.91. The molecule has 4 heteroatoms. The minimum Gasteiger partial charge on any atom is -0.399 e. The molecule has 4 nitrogen and oxygen atoms in total. The lowest BCUT2D eigenvalue weighted by molar-refractivity contribution is -0.135. The minimum absolute atomic E-state index is 0.145. The van der Waals surface area contributed by atoms with Crippen LogP contribution >= 0.6 is 0 Å². The van der Waals surface area contributed by atoms with Gasteiger partial charge in [-0.15, -0.1) is 0 Å². The van der Waals surface area contributed by atoms with Gasteiger partial charge in [0.1, 0.15) is 0 Å². The molecule has 0 heterocycles. The number of nitrogens with two attached hydrogens (primary N) is 1. The standard InChI is InChI=1S/C16H24N2O2/c17-14-5-1-4-13(12-14)8-9-16(20)18(10-3-11-19)15-6-2-7-15/h1,4-5,12,15,19H,2-3,6-11,17H2. The van der Waals surface area contributed by atoms with Crippen molar-refractivity contribution >= 4 is 11.6 Å². The Morgan fingerprint density at radius 1 is 1.40 bits per heavy atom.